The zero-order valence-electron chi connectivity index (χ0n) is 12.2. The van der Waals surface area contributed by atoms with Crippen molar-refractivity contribution in [1.82, 2.24) is 10.6 Å². The monoisotopic (exact) mass is 270 g/mol. The number of urea groups is 1. The molecule has 0 radical (unpaired) electrons. The summed E-state index contributed by atoms with van der Waals surface area (Å²) in [7, 11) is 0. The Morgan fingerprint density at radius 3 is 2.26 bits per heavy atom. The third-order valence-corrected chi connectivity index (χ3v) is 4.29. The van der Waals surface area contributed by atoms with Crippen LogP contribution in [0.1, 0.15) is 52.9 Å². The van der Waals surface area contributed by atoms with Crippen LogP contribution in [0.2, 0.25) is 0 Å². The van der Waals surface area contributed by atoms with Crippen LogP contribution in [0.4, 0.5) is 4.79 Å². The Morgan fingerprint density at radius 1 is 1.21 bits per heavy atom. The Bertz CT molecular complexity index is 334. The molecule has 0 spiro atoms. The highest BCUT2D eigenvalue weighted by Gasteiger charge is 2.41. The maximum atomic E-state index is 11.7. The van der Waals surface area contributed by atoms with E-state index in [0.29, 0.717) is 19.4 Å². The Balaban J connectivity index is 2.39. The van der Waals surface area contributed by atoms with Gasteiger partial charge in [0.15, 0.2) is 0 Å². The zero-order chi connectivity index (χ0) is 14.5. The summed E-state index contributed by atoms with van der Waals surface area (Å²) in [6.45, 7) is 7.07. The van der Waals surface area contributed by atoms with Crippen molar-refractivity contribution in [2.75, 3.05) is 13.1 Å². The first-order valence-corrected chi connectivity index (χ1v) is 7.06. The highest BCUT2D eigenvalue weighted by Crippen LogP contribution is 2.37. The van der Waals surface area contributed by atoms with E-state index in [9.17, 15) is 14.7 Å². The lowest BCUT2D eigenvalue weighted by Crippen LogP contribution is -2.46. The van der Waals surface area contributed by atoms with Crippen LogP contribution in [0, 0.1) is 10.8 Å². The molecule has 0 unspecified atom stereocenters. The van der Waals surface area contributed by atoms with Gasteiger partial charge in [-0.05, 0) is 24.7 Å². The highest BCUT2D eigenvalue weighted by atomic mass is 16.4. The summed E-state index contributed by atoms with van der Waals surface area (Å²) in [5, 5.41) is 14.8. The number of nitrogens with one attached hydrogen (secondary N) is 2. The Kier molecular flexibility index (Phi) is 5.20. The molecular weight excluding hydrogens is 244 g/mol. The van der Waals surface area contributed by atoms with Crippen molar-refractivity contribution in [2.24, 2.45) is 10.8 Å². The Labute approximate surface area is 115 Å². The standard InChI is InChI=1S/C14H26N2O3/c1-4-13(2,3)9-15-12(19)16-10-14(11(17)18)7-5-6-8-14/h4-10H2,1-3H3,(H,17,18)(H2,15,16,19). The second-order valence-corrected chi connectivity index (χ2v) is 6.35. The summed E-state index contributed by atoms with van der Waals surface area (Å²) in [5.74, 6) is -0.792. The van der Waals surface area contributed by atoms with Crippen LogP contribution in [0.3, 0.4) is 0 Å². The first-order valence-electron chi connectivity index (χ1n) is 7.06. The largest absolute Gasteiger partial charge is 0.481 e. The van der Waals surface area contributed by atoms with Gasteiger partial charge < -0.3 is 15.7 Å². The molecule has 0 atom stereocenters. The lowest BCUT2D eigenvalue weighted by Gasteiger charge is -2.26. The summed E-state index contributed by atoms with van der Waals surface area (Å²) in [5.41, 5.74) is -0.688. The topological polar surface area (TPSA) is 78.4 Å². The second-order valence-electron chi connectivity index (χ2n) is 6.35. The summed E-state index contributed by atoms with van der Waals surface area (Å²) in [6.07, 6.45) is 4.15. The lowest BCUT2D eigenvalue weighted by atomic mass is 9.86. The molecule has 1 aliphatic carbocycles. The third kappa shape index (κ3) is 4.40. The molecule has 0 aromatic carbocycles. The second kappa shape index (κ2) is 6.26. The quantitative estimate of drug-likeness (QED) is 0.693. The molecule has 0 aromatic rings. The van der Waals surface area contributed by atoms with E-state index in [4.69, 9.17) is 0 Å². The molecule has 0 aliphatic heterocycles. The van der Waals surface area contributed by atoms with Gasteiger partial charge in [-0.1, -0.05) is 33.6 Å². The van der Waals surface area contributed by atoms with Gasteiger partial charge in [-0.3, -0.25) is 4.79 Å². The zero-order valence-corrected chi connectivity index (χ0v) is 12.2. The first kappa shape index (κ1) is 15.8. The summed E-state index contributed by atoms with van der Waals surface area (Å²) >= 11 is 0. The molecule has 0 heterocycles. The molecule has 1 aliphatic rings. The van der Waals surface area contributed by atoms with Gasteiger partial charge in [0.25, 0.3) is 0 Å². The number of carboxylic acids is 1. The van der Waals surface area contributed by atoms with E-state index >= 15 is 0 Å². The average molecular weight is 270 g/mol. The van der Waals surface area contributed by atoms with Gasteiger partial charge in [0.2, 0.25) is 0 Å². The fraction of sp³-hybridized carbons (Fsp3) is 0.857. The van der Waals surface area contributed by atoms with Gasteiger partial charge in [0.05, 0.1) is 5.41 Å². The molecule has 1 rings (SSSR count). The first-order chi connectivity index (χ1) is 8.81. The fourth-order valence-corrected chi connectivity index (χ4v) is 2.27. The maximum Gasteiger partial charge on any atom is 0.314 e. The third-order valence-electron chi connectivity index (χ3n) is 4.29. The van der Waals surface area contributed by atoms with Crippen LogP contribution in [0.5, 0.6) is 0 Å². The van der Waals surface area contributed by atoms with Crippen LogP contribution < -0.4 is 10.6 Å². The minimum absolute atomic E-state index is 0.0647. The maximum absolute atomic E-state index is 11.7. The predicted molar refractivity (Wildman–Crippen MR) is 74.0 cm³/mol. The molecule has 3 N–H and O–H groups in total. The van der Waals surface area contributed by atoms with E-state index in [2.05, 4.69) is 31.4 Å². The minimum Gasteiger partial charge on any atom is -0.481 e. The molecule has 5 heteroatoms. The number of rotatable bonds is 6. The van der Waals surface area contributed by atoms with E-state index in [1.165, 1.54) is 0 Å². The molecule has 0 bridgehead atoms. The van der Waals surface area contributed by atoms with E-state index in [1.54, 1.807) is 0 Å². The van der Waals surface area contributed by atoms with Crippen molar-refractivity contribution in [1.29, 1.82) is 0 Å². The van der Waals surface area contributed by atoms with E-state index in [1.807, 2.05) is 0 Å². The van der Waals surface area contributed by atoms with Crippen LogP contribution in [-0.2, 0) is 4.79 Å². The van der Waals surface area contributed by atoms with Gasteiger partial charge in [-0.15, -0.1) is 0 Å². The van der Waals surface area contributed by atoms with E-state index in [0.717, 1.165) is 19.3 Å². The van der Waals surface area contributed by atoms with E-state index in [-0.39, 0.29) is 18.0 Å². The van der Waals surface area contributed by atoms with Gasteiger partial charge >= 0.3 is 12.0 Å². The number of carbonyl (C=O) groups excluding carboxylic acids is 1. The minimum atomic E-state index is -0.792. The number of hydrogen-bond donors (Lipinski definition) is 3. The predicted octanol–water partition coefficient (Wildman–Crippen LogP) is 2.37. The normalized spacial score (nSPS) is 18.1. The highest BCUT2D eigenvalue weighted by molar-refractivity contribution is 5.78. The van der Waals surface area contributed by atoms with Gasteiger partial charge in [0, 0.05) is 13.1 Å². The van der Waals surface area contributed by atoms with Gasteiger partial charge in [-0.2, -0.15) is 0 Å². The lowest BCUT2D eigenvalue weighted by molar-refractivity contribution is -0.148. The van der Waals surface area contributed by atoms with Crippen molar-refractivity contribution in [3.05, 3.63) is 0 Å². The van der Waals surface area contributed by atoms with Crippen LogP contribution >= 0.6 is 0 Å². The molecule has 2 amide bonds. The molecule has 1 fully saturated rings. The average Bonchev–Trinajstić information content (AvgIpc) is 2.84. The summed E-state index contributed by atoms with van der Waals surface area (Å²) in [6, 6.07) is -0.269. The van der Waals surface area contributed by atoms with Crippen molar-refractivity contribution in [3.8, 4) is 0 Å². The molecule has 5 nitrogen and oxygen atoms in total. The van der Waals surface area contributed by atoms with Gasteiger partial charge in [-0.25, -0.2) is 4.79 Å². The number of carboxylic acid groups (broad SMARTS) is 1. The number of aliphatic carboxylic acids is 1. The number of amides is 2. The van der Waals surface area contributed by atoms with Crippen LogP contribution in [-0.4, -0.2) is 30.2 Å². The molecule has 0 saturated heterocycles. The van der Waals surface area contributed by atoms with E-state index < -0.39 is 11.4 Å². The number of carbonyl (C=O) groups is 2. The molecule has 19 heavy (non-hydrogen) atoms. The number of hydrogen-bond acceptors (Lipinski definition) is 2. The Morgan fingerprint density at radius 2 is 1.79 bits per heavy atom. The summed E-state index contributed by atoms with van der Waals surface area (Å²) in [4.78, 5) is 23.0. The van der Waals surface area contributed by atoms with Crippen molar-refractivity contribution >= 4 is 12.0 Å². The smallest absolute Gasteiger partial charge is 0.314 e. The van der Waals surface area contributed by atoms with Gasteiger partial charge in [0.1, 0.15) is 0 Å². The van der Waals surface area contributed by atoms with Crippen LogP contribution in [0.15, 0.2) is 0 Å². The molecular formula is C14H26N2O3. The van der Waals surface area contributed by atoms with Crippen molar-refractivity contribution < 1.29 is 14.7 Å². The Hall–Kier alpha value is -1.26. The fourth-order valence-electron chi connectivity index (χ4n) is 2.27. The molecule has 110 valence electrons. The molecule has 1 saturated carbocycles. The van der Waals surface area contributed by atoms with Crippen LogP contribution in [0.25, 0.3) is 0 Å². The molecule has 0 aromatic heterocycles. The van der Waals surface area contributed by atoms with Crippen molar-refractivity contribution in [3.63, 3.8) is 0 Å². The van der Waals surface area contributed by atoms with Crippen molar-refractivity contribution in [2.45, 2.75) is 52.9 Å². The summed E-state index contributed by atoms with van der Waals surface area (Å²) < 4.78 is 0. The SMILES string of the molecule is CCC(C)(C)CNC(=O)NCC1(C(=O)O)CCCC1.